The van der Waals surface area contributed by atoms with Crippen LogP contribution in [0.25, 0.3) is 5.70 Å². The van der Waals surface area contributed by atoms with Crippen LogP contribution in [0.15, 0.2) is 87.8 Å². The topological polar surface area (TPSA) is 26.0 Å². The Morgan fingerprint density at radius 2 is 1.37 bits per heavy atom. The number of benzene rings is 3. The summed E-state index contributed by atoms with van der Waals surface area (Å²) in [4.78, 5) is 3.28. The normalized spacial score (nSPS) is 11.3. The van der Waals surface area contributed by atoms with Gasteiger partial charge in [0.2, 0.25) is 5.69 Å². The maximum atomic E-state index is 6.02. The molecule has 0 atom stereocenters. The summed E-state index contributed by atoms with van der Waals surface area (Å²) >= 11 is 12.9. The highest BCUT2D eigenvalue weighted by Crippen LogP contribution is 2.21. The Labute approximate surface area is 187 Å². The first-order chi connectivity index (χ1) is 12.6. The van der Waals surface area contributed by atoms with E-state index in [0.29, 0.717) is 5.02 Å². The van der Waals surface area contributed by atoms with Gasteiger partial charge in [-0.3, -0.25) is 0 Å². The minimum Gasteiger partial charge on any atom is -1.00 e. The number of allylic oxidation sites excluding steroid dienone is 1. The minimum absolute atomic E-state index is 0. The van der Waals surface area contributed by atoms with E-state index >= 15 is 0 Å². The number of rotatable bonds is 5. The molecule has 0 amide bonds. The molecule has 0 aromatic heterocycles. The van der Waals surface area contributed by atoms with Crippen molar-refractivity contribution in [3.8, 4) is 0 Å². The molecule has 0 unspecified atom stereocenters. The number of hydrogen-bond acceptors (Lipinski definition) is 1. The van der Waals surface area contributed by atoms with Crippen molar-refractivity contribution < 1.29 is 17.4 Å². The van der Waals surface area contributed by atoms with Crippen molar-refractivity contribution in [1.29, 1.82) is 0 Å². The lowest BCUT2D eigenvalue weighted by molar-refractivity contribution is -0.346. The van der Waals surface area contributed by atoms with E-state index in [4.69, 9.17) is 11.6 Å². The van der Waals surface area contributed by atoms with Gasteiger partial charge in [-0.25, -0.2) is 4.99 Å². The Hall–Kier alpha value is -1.59. The molecule has 2 nitrogen and oxygen atoms in total. The summed E-state index contributed by atoms with van der Waals surface area (Å²) in [5, 5.41) is 4.17. The van der Waals surface area contributed by atoms with Gasteiger partial charge < -0.3 is 17.7 Å². The minimum atomic E-state index is 0. The van der Waals surface area contributed by atoms with Gasteiger partial charge in [0.25, 0.3) is 0 Å². The Kier molecular flexibility index (Phi) is 8.58. The van der Waals surface area contributed by atoms with E-state index in [9.17, 15) is 0 Å². The Balaban J connectivity index is 0.00000261. The maximum absolute atomic E-state index is 6.02. The van der Waals surface area contributed by atoms with Crippen molar-refractivity contribution in [1.82, 2.24) is 0 Å². The fourth-order valence-electron chi connectivity index (χ4n) is 2.30. The molecule has 0 bridgehead atoms. The lowest BCUT2D eigenvalue weighted by Crippen LogP contribution is -3.00. The molecule has 2 N–H and O–H groups in total. The van der Waals surface area contributed by atoms with E-state index in [2.05, 4.69) is 42.2 Å². The summed E-state index contributed by atoms with van der Waals surface area (Å²) < 4.78 is 2.10. The highest BCUT2D eigenvalue weighted by atomic mass is 79.9. The van der Waals surface area contributed by atoms with E-state index in [0.717, 1.165) is 31.6 Å². The van der Waals surface area contributed by atoms with Gasteiger partial charge in [0.1, 0.15) is 0 Å². The van der Waals surface area contributed by atoms with Crippen molar-refractivity contribution >= 4 is 66.7 Å². The lowest BCUT2D eigenvalue weighted by Gasteiger charge is -2.11. The van der Waals surface area contributed by atoms with Gasteiger partial charge in [-0.05, 0) is 54.1 Å². The molecule has 0 fully saturated rings. The Bertz CT molecular complexity index is 920. The van der Waals surface area contributed by atoms with Crippen LogP contribution >= 0.6 is 43.5 Å². The average molecular weight is 527 g/mol. The molecule has 3 aromatic carbocycles. The van der Waals surface area contributed by atoms with Gasteiger partial charge >= 0.3 is 0 Å². The summed E-state index contributed by atoms with van der Waals surface area (Å²) in [5.41, 5.74) is 4.04. The first-order valence-electron chi connectivity index (χ1n) is 7.94. The van der Waals surface area contributed by atoms with Crippen LogP contribution in [-0.2, 0) is 0 Å². The first kappa shape index (κ1) is 21.7. The van der Waals surface area contributed by atoms with Crippen LogP contribution in [-0.4, -0.2) is 6.21 Å². The molecule has 0 spiro atoms. The number of nitrogens with one attached hydrogen (secondary N) is 2. The predicted molar refractivity (Wildman–Crippen MR) is 118 cm³/mol. The molecule has 6 heteroatoms. The van der Waals surface area contributed by atoms with Crippen LogP contribution in [0.3, 0.4) is 0 Å². The van der Waals surface area contributed by atoms with Crippen molar-refractivity contribution in [3.63, 3.8) is 0 Å². The van der Waals surface area contributed by atoms with Gasteiger partial charge in [0, 0.05) is 37.9 Å². The van der Waals surface area contributed by atoms with E-state index in [-0.39, 0.29) is 12.4 Å². The molecule has 0 aliphatic carbocycles. The molecule has 0 aliphatic heterocycles. The molecule has 0 aliphatic rings. The summed E-state index contributed by atoms with van der Waals surface area (Å²) in [5.74, 6) is 0. The van der Waals surface area contributed by atoms with Crippen molar-refractivity contribution in [2.75, 3.05) is 5.32 Å². The number of halogens is 4. The van der Waals surface area contributed by atoms with E-state index in [1.165, 1.54) is 0 Å². The Morgan fingerprint density at radius 1 is 0.815 bits per heavy atom. The average Bonchev–Trinajstić information content (AvgIpc) is 2.65. The maximum Gasteiger partial charge on any atom is 0.203 e. The zero-order valence-corrected chi connectivity index (χ0v) is 18.8. The third kappa shape index (κ3) is 6.82. The van der Waals surface area contributed by atoms with Crippen LogP contribution < -0.4 is 22.7 Å². The molecule has 3 aromatic rings. The molecule has 138 valence electrons. The lowest BCUT2D eigenvalue weighted by atomic mass is 10.1. The first-order valence-corrected chi connectivity index (χ1v) is 9.91. The summed E-state index contributed by atoms with van der Waals surface area (Å²) in [6.45, 7) is 0. The third-order valence-electron chi connectivity index (χ3n) is 3.62. The van der Waals surface area contributed by atoms with Gasteiger partial charge in [0.15, 0.2) is 6.21 Å². The van der Waals surface area contributed by atoms with E-state index in [1.54, 1.807) is 0 Å². The highest BCUT2D eigenvalue weighted by Gasteiger charge is 2.03. The van der Waals surface area contributed by atoms with E-state index < -0.39 is 0 Å². The second-order valence-electron chi connectivity index (χ2n) is 5.54. The second-order valence-corrected chi connectivity index (χ2v) is 7.80. The molecule has 0 radical (unpaired) electrons. The molecular weight excluding hydrogens is 511 g/mol. The van der Waals surface area contributed by atoms with Gasteiger partial charge in [-0.2, -0.15) is 0 Å². The molecular formula is C21H16Br2Cl2N2. The predicted octanol–water partition coefficient (Wildman–Crippen LogP) is 2.81. The fraction of sp³-hybridized carbons (Fsp3) is 0. The summed E-state index contributed by atoms with van der Waals surface area (Å²) in [7, 11) is 0. The van der Waals surface area contributed by atoms with Crippen LogP contribution in [0, 0.1) is 0 Å². The monoisotopic (exact) mass is 524 g/mol. The largest absolute Gasteiger partial charge is 1.00 e. The summed E-state index contributed by atoms with van der Waals surface area (Å²) in [6.07, 6.45) is 3.92. The van der Waals surface area contributed by atoms with Crippen molar-refractivity contribution in [2.45, 2.75) is 0 Å². The SMILES string of the molecule is Clc1ccc(C(=CC=[NH+]c2ccc(Br)cc2)Nc2ccc(Br)cc2)cc1.[Cl-]. The highest BCUT2D eigenvalue weighted by molar-refractivity contribution is 9.10. The molecule has 0 saturated heterocycles. The standard InChI is InChI=1S/C21H15Br2ClN2.ClH/c22-16-3-9-19(10-4-16)25-14-13-21(15-1-7-18(24)8-2-15)26-20-11-5-17(23)6-12-20;/h1-14,26H;1H. The second kappa shape index (κ2) is 10.7. The van der Waals surface area contributed by atoms with Gasteiger partial charge in [-0.15, -0.1) is 0 Å². The quantitative estimate of drug-likeness (QED) is 0.491. The van der Waals surface area contributed by atoms with Crippen molar-refractivity contribution in [2.24, 2.45) is 0 Å². The van der Waals surface area contributed by atoms with Crippen molar-refractivity contribution in [3.05, 3.63) is 98.4 Å². The van der Waals surface area contributed by atoms with Crippen LogP contribution in [0.1, 0.15) is 5.56 Å². The zero-order chi connectivity index (χ0) is 18.4. The molecule has 0 saturated carbocycles. The fourth-order valence-corrected chi connectivity index (χ4v) is 2.95. The number of anilines is 1. The molecule has 0 heterocycles. The van der Waals surface area contributed by atoms with Crippen LogP contribution in [0.5, 0.6) is 0 Å². The van der Waals surface area contributed by atoms with Crippen LogP contribution in [0.4, 0.5) is 11.4 Å². The van der Waals surface area contributed by atoms with E-state index in [1.807, 2.05) is 85.1 Å². The summed E-state index contributed by atoms with van der Waals surface area (Å²) in [6, 6.07) is 23.8. The van der Waals surface area contributed by atoms with Gasteiger partial charge in [-0.1, -0.05) is 55.6 Å². The zero-order valence-electron chi connectivity index (χ0n) is 14.1. The third-order valence-corrected chi connectivity index (χ3v) is 4.93. The van der Waals surface area contributed by atoms with Gasteiger partial charge in [0.05, 0.1) is 5.70 Å². The van der Waals surface area contributed by atoms with Crippen LogP contribution in [0.2, 0.25) is 5.02 Å². The Morgan fingerprint density at radius 3 is 1.96 bits per heavy atom. The molecule has 3 rings (SSSR count). The smallest absolute Gasteiger partial charge is 0.203 e. The number of hydrogen-bond donors (Lipinski definition) is 2. The molecule has 27 heavy (non-hydrogen) atoms.